The summed E-state index contributed by atoms with van der Waals surface area (Å²) in [5.74, 6) is 0.678. The molecule has 0 aliphatic rings. The molecule has 3 heteroatoms. The Morgan fingerprint density at radius 2 is 1.76 bits per heavy atom. The molecular weight excluding hydrogens is 265 g/mol. The van der Waals surface area contributed by atoms with E-state index in [2.05, 4.69) is 5.32 Å². The Kier molecular flexibility index (Phi) is 3.76. The lowest BCUT2D eigenvalue weighted by molar-refractivity contribution is 0.416. The van der Waals surface area contributed by atoms with Crippen LogP contribution in [0, 0.1) is 5.82 Å². The minimum absolute atomic E-state index is 0.0453. The molecule has 2 unspecified atom stereocenters. The van der Waals surface area contributed by atoms with Crippen molar-refractivity contribution in [3.05, 3.63) is 71.7 Å². The molecule has 0 radical (unpaired) electrons. The van der Waals surface area contributed by atoms with E-state index in [0.717, 1.165) is 22.3 Å². The zero-order valence-corrected chi connectivity index (χ0v) is 12.1. The number of rotatable bonds is 4. The van der Waals surface area contributed by atoms with Crippen molar-refractivity contribution < 1.29 is 8.81 Å². The summed E-state index contributed by atoms with van der Waals surface area (Å²) in [6.07, 6.45) is 0. The van der Waals surface area contributed by atoms with Gasteiger partial charge in [0.05, 0.1) is 6.04 Å². The number of halogens is 1. The van der Waals surface area contributed by atoms with Crippen LogP contribution in [0.5, 0.6) is 0 Å². The molecule has 3 aromatic rings. The highest BCUT2D eigenvalue weighted by molar-refractivity contribution is 5.77. The van der Waals surface area contributed by atoms with Gasteiger partial charge >= 0.3 is 0 Å². The number of para-hydroxylation sites is 1. The third-order valence-electron chi connectivity index (χ3n) is 3.72. The van der Waals surface area contributed by atoms with E-state index in [1.54, 1.807) is 12.1 Å². The molecule has 0 fully saturated rings. The van der Waals surface area contributed by atoms with Gasteiger partial charge in [-0.25, -0.2) is 4.39 Å². The van der Waals surface area contributed by atoms with Crippen molar-refractivity contribution in [3.63, 3.8) is 0 Å². The maximum Gasteiger partial charge on any atom is 0.134 e. The predicted molar refractivity (Wildman–Crippen MR) is 82.6 cm³/mol. The summed E-state index contributed by atoms with van der Waals surface area (Å²) in [6.45, 7) is 4.07. The highest BCUT2D eigenvalue weighted by Crippen LogP contribution is 2.25. The van der Waals surface area contributed by atoms with E-state index >= 15 is 0 Å². The van der Waals surface area contributed by atoms with E-state index in [-0.39, 0.29) is 17.9 Å². The first-order chi connectivity index (χ1) is 10.1. The van der Waals surface area contributed by atoms with Crippen LogP contribution in [0.4, 0.5) is 4.39 Å². The second-order valence-electron chi connectivity index (χ2n) is 5.35. The fourth-order valence-corrected chi connectivity index (χ4v) is 2.55. The van der Waals surface area contributed by atoms with Crippen LogP contribution in [0.15, 0.2) is 59.0 Å². The van der Waals surface area contributed by atoms with E-state index < -0.39 is 0 Å². The highest BCUT2D eigenvalue weighted by atomic mass is 19.1. The molecule has 1 heterocycles. The molecule has 0 aliphatic carbocycles. The number of fused-ring (bicyclic) bond motifs is 1. The van der Waals surface area contributed by atoms with Gasteiger partial charge in [0.2, 0.25) is 0 Å². The first-order valence-electron chi connectivity index (χ1n) is 7.13. The van der Waals surface area contributed by atoms with E-state index in [9.17, 15) is 4.39 Å². The van der Waals surface area contributed by atoms with E-state index in [0.29, 0.717) is 0 Å². The van der Waals surface area contributed by atoms with Gasteiger partial charge in [-0.3, -0.25) is 0 Å². The maximum atomic E-state index is 13.3. The van der Waals surface area contributed by atoms with Crippen LogP contribution in [-0.4, -0.2) is 0 Å². The SMILES string of the molecule is CC(NC(C)c1cc2ccccc2o1)c1cccc(F)c1. The molecule has 21 heavy (non-hydrogen) atoms. The summed E-state index contributed by atoms with van der Waals surface area (Å²) in [6, 6.07) is 16.8. The fourth-order valence-electron chi connectivity index (χ4n) is 2.55. The number of nitrogens with one attached hydrogen (secondary N) is 1. The monoisotopic (exact) mass is 283 g/mol. The van der Waals surface area contributed by atoms with E-state index in [1.807, 2.05) is 50.2 Å². The lowest BCUT2D eigenvalue weighted by atomic mass is 10.1. The normalized spacial score (nSPS) is 14.2. The van der Waals surface area contributed by atoms with E-state index in [1.165, 1.54) is 6.07 Å². The number of hydrogen-bond acceptors (Lipinski definition) is 2. The van der Waals surface area contributed by atoms with Crippen molar-refractivity contribution in [2.45, 2.75) is 25.9 Å². The first kappa shape index (κ1) is 13.8. The zero-order chi connectivity index (χ0) is 14.8. The number of furan rings is 1. The molecule has 3 rings (SSSR count). The standard InChI is InChI=1S/C18H18FNO/c1-12(14-7-5-8-16(19)10-14)20-13(2)18-11-15-6-3-4-9-17(15)21-18/h3-13,20H,1-2H3. The van der Waals surface area contributed by atoms with Crippen molar-refractivity contribution >= 4 is 11.0 Å². The molecule has 0 amide bonds. The van der Waals surface area contributed by atoms with Gasteiger partial charge in [0.15, 0.2) is 0 Å². The maximum absolute atomic E-state index is 13.3. The van der Waals surface area contributed by atoms with Gasteiger partial charge in [0.25, 0.3) is 0 Å². The van der Waals surface area contributed by atoms with Gasteiger partial charge in [-0.15, -0.1) is 0 Å². The van der Waals surface area contributed by atoms with E-state index in [4.69, 9.17) is 4.42 Å². The van der Waals surface area contributed by atoms with Gasteiger partial charge in [-0.1, -0.05) is 30.3 Å². The van der Waals surface area contributed by atoms with Crippen molar-refractivity contribution in [1.82, 2.24) is 5.32 Å². The fraction of sp³-hybridized carbons (Fsp3) is 0.222. The lowest BCUT2D eigenvalue weighted by Gasteiger charge is -2.18. The average molecular weight is 283 g/mol. The molecule has 2 atom stereocenters. The minimum atomic E-state index is -0.211. The molecule has 0 bridgehead atoms. The summed E-state index contributed by atoms with van der Waals surface area (Å²) in [5, 5.41) is 4.54. The molecule has 0 saturated carbocycles. The van der Waals surface area contributed by atoms with Gasteiger partial charge in [0, 0.05) is 11.4 Å². The summed E-state index contributed by atoms with van der Waals surface area (Å²) in [4.78, 5) is 0. The topological polar surface area (TPSA) is 25.2 Å². The van der Waals surface area contributed by atoms with Gasteiger partial charge in [-0.05, 0) is 43.7 Å². The predicted octanol–water partition coefficient (Wildman–Crippen LogP) is 4.98. The molecule has 1 aromatic heterocycles. The molecule has 0 saturated heterocycles. The summed E-state index contributed by atoms with van der Waals surface area (Å²) >= 11 is 0. The summed E-state index contributed by atoms with van der Waals surface area (Å²) < 4.78 is 19.1. The minimum Gasteiger partial charge on any atom is -0.459 e. The Labute approximate surface area is 123 Å². The van der Waals surface area contributed by atoms with Crippen LogP contribution in [0.2, 0.25) is 0 Å². The summed E-state index contributed by atoms with van der Waals surface area (Å²) in [7, 11) is 0. The zero-order valence-electron chi connectivity index (χ0n) is 12.1. The van der Waals surface area contributed by atoms with Crippen LogP contribution in [0.1, 0.15) is 37.3 Å². The Balaban J connectivity index is 1.77. The summed E-state index contributed by atoms with van der Waals surface area (Å²) in [5.41, 5.74) is 1.82. The number of benzene rings is 2. The smallest absolute Gasteiger partial charge is 0.134 e. The second-order valence-corrected chi connectivity index (χ2v) is 5.35. The third kappa shape index (κ3) is 2.98. The van der Waals surface area contributed by atoms with Crippen molar-refractivity contribution in [2.24, 2.45) is 0 Å². The average Bonchev–Trinajstić information content (AvgIpc) is 2.91. The molecule has 0 spiro atoms. The lowest BCUT2D eigenvalue weighted by Crippen LogP contribution is -2.22. The molecule has 1 N–H and O–H groups in total. The van der Waals surface area contributed by atoms with Gasteiger partial charge in [0.1, 0.15) is 17.2 Å². The molecule has 2 nitrogen and oxygen atoms in total. The third-order valence-corrected chi connectivity index (χ3v) is 3.72. The van der Waals surface area contributed by atoms with Crippen LogP contribution >= 0.6 is 0 Å². The van der Waals surface area contributed by atoms with Gasteiger partial charge in [-0.2, -0.15) is 0 Å². The number of hydrogen-bond donors (Lipinski definition) is 1. The van der Waals surface area contributed by atoms with Crippen LogP contribution in [-0.2, 0) is 0 Å². The molecule has 108 valence electrons. The van der Waals surface area contributed by atoms with Crippen LogP contribution < -0.4 is 5.32 Å². The Hall–Kier alpha value is -2.13. The Bertz CT molecular complexity index is 717. The molecule has 2 aromatic carbocycles. The second kappa shape index (κ2) is 5.70. The first-order valence-corrected chi connectivity index (χ1v) is 7.13. The van der Waals surface area contributed by atoms with Crippen molar-refractivity contribution in [1.29, 1.82) is 0 Å². The molecule has 0 aliphatic heterocycles. The van der Waals surface area contributed by atoms with Crippen LogP contribution in [0.3, 0.4) is 0 Å². The van der Waals surface area contributed by atoms with Crippen molar-refractivity contribution in [2.75, 3.05) is 0 Å². The quantitative estimate of drug-likeness (QED) is 0.730. The van der Waals surface area contributed by atoms with Gasteiger partial charge < -0.3 is 9.73 Å². The van der Waals surface area contributed by atoms with Crippen molar-refractivity contribution in [3.8, 4) is 0 Å². The van der Waals surface area contributed by atoms with Crippen LogP contribution in [0.25, 0.3) is 11.0 Å². The Morgan fingerprint density at radius 1 is 0.952 bits per heavy atom. The Morgan fingerprint density at radius 3 is 2.52 bits per heavy atom. The highest BCUT2D eigenvalue weighted by Gasteiger charge is 2.15. The largest absolute Gasteiger partial charge is 0.459 e. The molecular formula is C18H18FNO.